The van der Waals surface area contributed by atoms with Crippen molar-refractivity contribution in [2.45, 2.75) is 20.3 Å². The number of rotatable bonds is 6. The predicted molar refractivity (Wildman–Crippen MR) is 110 cm³/mol. The van der Waals surface area contributed by atoms with Gasteiger partial charge >= 0.3 is 0 Å². The monoisotopic (exact) mass is 389 g/mol. The van der Waals surface area contributed by atoms with Crippen LogP contribution in [0.15, 0.2) is 48.8 Å². The van der Waals surface area contributed by atoms with Crippen LogP contribution in [0.3, 0.4) is 0 Å². The third-order valence-corrected chi connectivity index (χ3v) is 4.99. The molecule has 8 nitrogen and oxygen atoms in total. The zero-order valence-corrected chi connectivity index (χ0v) is 16.7. The van der Waals surface area contributed by atoms with Crippen LogP contribution in [0.5, 0.6) is 0 Å². The van der Waals surface area contributed by atoms with E-state index in [1.54, 1.807) is 12.3 Å². The van der Waals surface area contributed by atoms with Gasteiger partial charge in [-0.15, -0.1) is 0 Å². The van der Waals surface area contributed by atoms with Gasteiger partial charge in [-0.05, 0) is 50.1 Å². The summed E-state index contributed by atoms with van der Waals surface area (Å²) < 4.78 is 3.63. The predicted octanol–water partition coefficient (Wildman–Crippen LogP) is 2.59. The minimum atomic E-state index is -0.170. The minimum Gasteiger partial charge on any atom is -0.350 e. The van der Waals surface area contributed by atoms with E-state index >= 15 is 0 Å². The van der Waals surface area contributed by atoms with E-state index in [0.29, 0.717) is 12.2 Å². The number of nitrogens with zero attached hydrogens (tertiary/aromatic N) is 5. The lowest BCUT2D eigenvalue weighted by Gasteiger charge is -2.06. The number of hydrogen-bond donors (Lipinski definition) is 2. The molecule has 4 aromatic rings. The van der Waals surface area contributed by atoms with Crippen LogP contribution in [0.4, 0.5) is 0 Å². The fourth-order valence-electron chi connectivity index (χ4n) is 3.36. The maximum atomic E-state index is 12.4. The van der Waals surface area contributed by atoms with Crippen LogP contribution in [-0.4, -0.2) is 42.2 Å². The Kier molecular flexibility index (Phi) is 4.99. The molecule has 0 saturated carbocycles. The van der Waals surface area contributed by atoms with E-state index in [1.807, 2.05) is 66.8 Å². The number of hydrogen-bond acceptors (Lipinski definition) is 4. The highest BCUT2D eigenvalue weighted by Gasteiger charge is 2.17. The molecule has 0 radical (unpaired) electrons. The molecule has 0 saturated heterocycles. The topological polar surface area (TPSA) is 93.4 Å². The van der Waals surface area contributed by atoms with Gasteiger partial charge in [0.1, 0.15) is 5.69 Å². The van der Waals surface area contributed by atoms with E-state index in [9.17, 15) is 4.79 Å². The van der Waals surface area contributed by atoms with Crippen molar-refractivity contribution in [1.82, 2.24) is 35.1 Å². The summed E-state index contributed by atoms with van der Waals surface area (Å²) in [5, 5.41) is 18.7. The third kappa shape index (κ3) is 3.82. The van der Waals surface area contributed by atoms with E-state index in [4.69, 9.17) is 0 Å². The second kappa shape index (κ2) is 7.75. The summed E-state index contributed by atoms with van der Waals surface area (Å²) in [6.45, 7) is 4.47. The van der Waals surface area contributed by atoms with Gasteiger partial charge in [-0.25, -0.2) is 4.68 Å². The minimum absolute atomic E-state index is 0.170. The maximum Gasteiger partial charge on any atom is 0.269 e. The van der Waals surface area contributed by atoms with Crippen LogP contribution in [0.1, 0.15) is 27.4 Å². The molecule has 0 unspecified atom stereocenters. The van der Waals surface area contributed by atoms with Crippen molar-refractivity contribution in [1.29, 1.82) is 0 Å². The fraction of sp³-hybridized carbons (Fsp3) is 0.238. The van der Waals surface area contributed by atoms with Gasteiger partial charge in [0.2, 0.25) is 0 Å². The van der Waals surface area contributed by atoms with Crippen molar-refractivity contribution in [3.05, 3.63) is 71.4 Å². The molecule has 0 aliphatic rings. The Morgan fingerprint density at radius 2 is 2.00 bits per heavy atom. The van der Waals surface area contributed by atoms with Crippen molar-refractivity contribution in [3.8, 4) is 16.9 Å². The van der Waals surface area contributed by atoms with E-state index in [1.165, 1.54) is 0 Å². The average molecular weight is 389 g/mol. The first-order valence-electron chi connectivity index (χ1n) is 9.46. The van der Waals surface area contributed by atoms with E-state index in [-0.39, 0.29) is 5.91 Å². The van der Waals surface area contributed by atoms with E-state index in [0.717, 1.165) is 40.3 Å². The lowest BCUT2D eigenvalue weighted by molar-refractivity contribution is 0.0949. The molecule has 4 rings (SSSR count). The Bertz CT molecular complexity index is 1120. The molecule has 3 heterocycles. The van der Waals surface area contributed by atoms with Crippen LogP contribution in [0, 0.1) is 13.8 Å². The molecular formula is C21H23N7O. The largest absolute Gasteiger partial charge is 0.350 e. The standard InChI is InChI=1S/C21H23N7O/c1-14-20(15(2)27(3)26-14)18-13-19(25-24-18)21(29)22-11-9-16-5-7-17(8-6-16)28-12-4-10-23-28/h4-8,10,12-13H,9,11H2,1-3H3,(H,22,29)(H,24,25). The van der Waals surface area contributed by atoms with Crippen molar-refractivity contribution in [3.63, 3.8) is 0 Å². The number of aromatic amines is 1. The van der Waals surface area contributed by atoms with Crippen LogP contribution >= 0.6 is 0 Å². The Morgan fingerprint density at radius 3 is 2.66 bits per heavy atom. The summed E-state index contributed by atoms with van der Waals surface area (Å²) in [6, 6.07) is 11.8. The SMILES string of the molecule is Cc1nn(C)c(C)c1-c1cc(C(=O)NCCc2ccc(-n3cccn3)cc2)[nH]n1. The molecule has 29 heavy (non-hydrogen) atoms. The van der Waals surface area contributed by atoms with Crippen molar-refractivity contribution in [2.75, 3.05) is 6.54 Å². The highest BCUT2D eigenvalue weighted by Crippen LogP contribution is 2.25. The fourth-order valence-corrected chi connectivity index (χ4v) is 3.36. The summed E-state index contributed by atoms with van der Waals surface area (Å²) in [6.07, 6.45) is 4.40. The van der Waals surface area contributed by atoms with Crippen LogP contribution in [0.25, 0.3) is 16.9 Å². The van der Waals surface area contributed by atoms with Gasteiger partial charge in [0, 0.05) is 37.2 Å². The number of benzene rings is 1. The lowest BCUT2D eigenvalue weighted by atomic mass is 10.1. The van der Waals surface area contributed by atoms with Crippen molar-refractivity contribution in [2.24, 2.45) is 7.05 Å². The lowest BCUT2D eigenvalue weighted by Crippen LogP contribution is -2.26. The van der Waals surface area contributed by atoms with Gasteiger partial charge in [-0.2, -0.15) is 15.3 Å². The molecule has 1 aromatic carbocycles. The average Bonchev–Trinajstić information content (AvgIpc) is 3.45. The molecule has 1 amide bonds. The quantitative estimate of drug-likeness (QED) is 0.530. The summed E-state index contributed by atoms with van der Waals surface area (Å²) in [5.41, 5.74) is 6.19. The van der Waals surface area contributed by atoms with Gasteiger partial charge in [0.05, 0.1) is 17.1 Å². The highest BCUT2D eigenvalue weighted by molar-refractivity contribution is 5.93. The van der Waals surface area contributed by atoms with Gasteiger partial charge in [-0.3, -0.25) is 14.6 Å². The Balaban J connectivity index is 1.35. The first-order valence-corrected chi connectivity index (χ1v) is 9.46. The molecule has 0 fully saturated rings. The van der Waals surface area contributed by atoms with Crippen LogP contribution in [-0.2, 0) is 13.5 Å². The molecule has 2 N–H and O–H groups in total. The van der Waals surface area contributed by atoms with Crippen molar-refractivity contribution >= 4 is 5.91 Å². The first kappa shape index (κ1) is 18.7. The Labute approximate surface area is 168 Å². The molecule has 3 aromatic heterocycles. The molecule has 8 heteroatoms. The second-order valence-electron chi connectivity index (χ2n) is 6.96. The van der Waals surface area contributed by atoms with Gasteiger partial charge in [0.25, 0.3) is 5.91 Å². The molecule has 148 valence electrons. The van der Waals surface area contributed by atoms with Gasteiger partial charge < -0.3 is 5.32 Å². The summed E-state index contributed by atoms with van der Waals surface area (Å²) in [7, 11) is 1.90. The number of aromatic nitrogens is 6. The number of aryl methyl sites for hydroxylation is 2. The van der Waals surface area contributed by atoms with Gasteiger partial charge in [0.15, 0.2) is 0 Å². The van der Waals surface area contributed by atoms with Crippen LogP contribution < -0.4 is 5.32 Å². The zero-order valence-electron chi connectivity index (χ0n) is 16.7. The summed E-state index contributed by atoms with van der Waals surface area (Å²) in [5.74, 6) is -0.170. The van der Waals surface area contributed by atoms with Gasteiger partial charge in [-0.1, -0.05) is 12.1 Å². The highest BCUT2D eigenvalue weighted by atomic mass is 16.1. The van der Waals surface area contributed by atoms with E-state index in [2.05, 4.69) is 25.7 Å². The Hall–Kier alpha value is -3.68. The molecule has 0 aliphatic carbocycles. The second-order valence-corrected chi connectivity index (χ2v) is 6.96. The maximum absolute atomic E-state index is 12.4. The smallest absolute Gasteiger partial charge is 0.269 e. The molecule has 0 spiro atoms. The van der Waals surface area contributed by atoms with Crippen LogP contribution in [0.2, 0.25) is 0 Å². The van der Waals surface area contributed by atoms with Crippen molar-refractivity contribution < 1.29 is 4.79 Å². The third-order valence-electron chi connectivity index (χ3n) is 4.99. The van der Waals surface area contributed by atoms with E-state index < -0.39 is 0 Å². The Morgan fingerprint density at radius 1 is 1.21 bits per heavy atom. The first-order chi connectivity index (χ1) is 14.0. The zero-order chi connectivity index (χ0) is 20.4. The number of amides is 1. The molecular weight excluding hydrogens is 366 g/mol. The normalized spacial score (nSPS) is 11.0. The number of carbonyl (C=O) groups is 1. The molecule has 0 aliphatic heterocycles. The summed E-state index contributed by atoms with van der Waals surface area (Å²) in [4.78, 5) is 12.4. The molecule has 0 bridgehead atoms. The number of H-pyrrole nitrogens is 1. The number of carbonyl (C=O) groups excluding carboxylic acids is 1. The molecule has 0 atom stereocenters. The summed E-state index contributed by atoms with van der Waals surface area (Å²) >= 11 is 0. The number of nitrogens with one attached hydrogen (secondary N) is 2.